The van der Waals surface area contributed by atoms with E-state index in [0.717, 1.165) is 11.6 Å². The zero-order chi connectivity index (χ0) is 24.5. The molecule has 176 valence electrons. The Kier molecular flexibility index (Phi) is 5.77. The van der Waals surface area contributed by atoms with Gasteiger partial charge in [0.25, 0.3) is 5.69 Å². The Morgan fingerprint density at radius 3 is 2.54 bits per heavy atom. The lowest BCUT2D eigenvalue weighted by molar-refractivity contribution is -0.384. The van der Waals surface area contributed by atoms with E-state index in [0.29, 0.717) is 22.2 Å². The predicted octanol–water partition coefficient (Wildman–Crippen LogP) is 5.53. The molecule has 0 aliphatic rings. The van der Waals surface area contributed by atoms with Gasteiger partial charge in [-0.15, -0.1) is 0 Å². The van der Waals surface area contributed by atoms with Gasteiger partial charge >= 0.3 is 0 Å². The van der Waals surface area contributed by atoms with Crippen LogP contribution >= 0.6 is 0 Å². The van der Waals surface area contributed by atoms with E-state index in [1.165, 1.54) is 36.9 Å². The van der Waals surface area contributed by atoms with Crippen LogP contribution in [0.5, 0.6) is 0 Å². The topological polar surface area (TPSA) is 91.7 Å². The Labute approximate surface area is 198 Å². The number of nitro groups is 1. The first-order valence-corrected chi connectivity index (χ1v) is 10.9. The number of rotatable bonds is 7. The Bertz CT molecular complexity index is 1500. The Balaban J connectivity index is 1.71. The summed E-state index contributed by atoms with van der Waals surface area (Å²) in [7, 11) is 0. The first kappa shape index (κ1) is 22.3. The summed E-state index contributed by atoms with van der Waals surface area (Å²) in [4.78, 5) is 15.0. The normalized spacial score (nSPS) is 13.1. The molecule has 0 aliphatic carbocycles. The van der Waals surface area contributed by atoms with E-state index in [1.807, 2.05) is 37.3 Å². The fourth-order valence-electron chi connectivity index (χ4n) is 4.39. The van der Waals surface area contributed by atoms with E-state index in [4.69, 9.17) is 5.10 Å². The first-order chi connectivity index (χ1) is 16.9. The molecule has 0 fully saturated rings. The lowest BCUT2D eigenvalue weighted by atomic mass is 9.91. The third kappa shape index (κ3) is 4.25. The highest BCUT2D eigenvalue weighted by atomic mass is 19.1. The van der Waals surface area contributed by atoms with Crippen molar-refractivity contribution in [3.63, 3.8) is 0 Å². The molecule has 0 spiro atoms. The molecule has 35 heavy (non-hydrogen) atoms. The van der Waals surface area contributed by atoms with Crippen LogP contribution in [-0.2, 0) is 6.54 Å². The number of aromatic nitrogens is 5. The van der Waals surface area contributed by atoms with Crippen LogP contribution in [0.4, 0.5) is 14.5 Å². The first-order valence-electron chi connectivity index (χ1n) is 10.9. The molecule has 2 atom stereocenters. The van der Waals surface area contributed by atoms with Crippen molar-refractivity contribution in [2.45, 2.75) is 25.4 Å². The molecule has 3 aromatic carbocycles. The van der Waals surface area contributed by atoms with Crippen molar-refractivity contribution in [2.24, 2.45) is 0 Å². The highest BCUT2D eigenvalue weighted by Gasteiger charge is 2.29. The number of halogens is 2. The third-order valence-corrected chi connectivity index (χ3v) is 6.12. The maximum Gasteiger partial charge on any atom is 0.270 e. The molecule has 5 rings (SSSR count). The van der Waals surface area contributed by atoms with Crippen molar-refractivity contribution in [2.75, 3.05) is 0 Å². The second kappa shape index (κ2) is 9.05. The van der Waals surface area contributed by atoms with Crippen LogP contribution in [0.1, 0.15) is 24.4 Å². The molecule has 0 N–H and O–H groups in total. The molecule has 2 heterocycles. The zero-order valence-corrected chi connectivity index (χ0v) is 18.6. The smallest absolute Gasteiger partial charge is 0.260 e. The summed E-state index contributed by atoms with van der Waals surface area (Å²) in [5.41, 5.74) is 2.30. The van der Waals surface area contributed by atoms with Gasteiger partial charge in [0.2, 0.25) is 0 Å². The highest BCUT2D eigenvalue weighted by molar-refractivity contribution is 5.94. The van der Waals surface area contributed by atoms with Crippen molar-refractivity contribution in [1.82, 2.24) is 24.5 Å². The second-order valence-corrected chi connectivity index (χ2v) is 8.25. The quantitative estimate of drug-likeness (QED) is 0.229. The van der Waals surface area contributed by atoms with Gasteiger partial charge in [0.1, 0.15) is 24.3 Å². The van der Waals surface area contributed by atoms with E-state index >= 15 is 0 Å². The number of nitro benzene ring substituents is 1. The number of hydrogen-bond acceptors (Lipinski definition) is 5. The van der Waals surface area contributed by atoms with Crippen molar-refractivity contribution in [1.29, 1.82) is 0 Å². The summed E-state index contributed by atoms with van der Waals surface area (Å²) in [6, 6.07) is 17.0. The van der Waals surface area contributed by atoms with E-state index in [-0.39, 0.29) is 12.2 Å². The number of hydrogen-bond donors (Lipinski definition) is 0. The Morgan fingerprint density at radius 1 is 1.06 bits per heavy atom. The summed E-state index contributed by atoms with van der Waals surface area (Å²) in [6.45, 7) is 2.14. The average molecular weight is 474 g/mol. The molecule has 0 amide bonds. The average Bonchev–Trinajstić information content (AvgIpc) is 3.50. The fraction of sp³-hybridized carbons (Fsp3) is 0.160. The molecular formula is C25H20F2N6O2. The van der Waals surface area contributed by atoms with Gasteiger partial charge in [-0.1, -0.05) is 36.4 Å². The van der Waals surface area contributed by atoms with E-state index in [9.17, 15) is 18.9 Å². The lowest BCUT2D eigenvalue weighted by Gasteiger charge is -2.27. The van der Waals surface area contributed by atoms with Gasteiger partial charge < -0.3 is 0 Å². The molecular weight excluding hydrogens is 454 g/mol. The summed E-state index contributed by atoms with van der Waals surface area (Å²) in [6.07, 6.45) is 2.92. The molecule has 0 bridgehead atoms. The van der Waals surface area contributed by atoms with Crippen molar-refractivity contribution in [3.05, 3.63) is 107 Å². The van der Waals surface area contributed by atoms with Crippen molar-refractivity contribution in [3.8, 4) is 11.3 Å². The van der Waals surface area contributed by atoms with Gasteiger partial charge in [-0.05, 0) is 24.6 Å². The van der Waals surface area contributed by atoms with E-state index in [1.54, 1.807) is 15.4 Å². The second-order valence-electron chi connectivity index (χ2n) is 8.25. The minimum absolute atomic E-state index is 0.0503. The highest BCUT2D eigenvalue weighted by Crippen LogP contribution is 2.38. The van der Waals surface area contributed by atoms with Crippen LogP contribution < -0.4 is 0 Å². The largest absolute Gasteiger partial charge is 0.270 e. The van der Waals surface area contributed by atoms with Crippen molar-refractivity contribution >= 4 is 16.6 Å². The molecule has 0 saturated carbocycles. The number of nitrogens with zero attached hydrogens (tertiary/aromatic N) is 6. The van der Waals surface area contributed by atoms with Gasteiger partial charge in [-0.3, -0.25) is 19.5 Å². The Morgan fingerprint density at radius 2 is 1.86 bits per heavy atom. The maximum atomic E-state index is 15.0. The van der Waals surface area contributed by atoms with Gasteiger partial charge in [-0.25, -0.2) is 13.8 Å². The molecule has 0 unspecified atom stereocenters. The molecule has 2 aromatic heterocycles. The maximum absolute atomic E-state index is 15.0. The molecule has 8 nitrogen and oxygen atoms in total. The molecule has 0 aliphatic heterocycles. The minimum atomic E-state index is -0.671. The van der Waals surface area contributed by atoms with E-state index < -0.39 is 28.5 Å². The number of fused-ring (bicyclic) bond motifs is 1. The van der Waals surface area contributed by atoms with Gasteiger partial charge in [0, 0.05) is 35.1 Å². The van der Waals surface area contributed by atoms with Crippen LogP contribution in [0.3, 0.4) is 0 Å². The molecule has 10 heteroatoms. The zero-order valence-electron chi connectivity index (χ0n) is 18.6. The number of non-ortho nitro benzene ring substituents is 1. The van der Waals surface area contributed by atoms with Crippen LogP contribution in [0.25, 0.3) is 22.2 Å². The van der Waals surface area contributed by atoms with Crippen molar-refractivity contribution < 1.29 is 13.7 Å². The molecule has 0 saturated heterocycles. The van der Waals surface area contributed by atoms with Gasteiger partial charge in [0.05, 0.1) is 28.7 Å². The monoisotopic (exact) mass is 474 g/mol. The Hall–Kier alpha value is -4.47. The summed E-state index contributed by atoms with van der Waals surface area (Å²) in [5, 5.41) is 21.0. The lowest BCUT2D eigenvalue weighted by Crippen LogP contribution is -2.23. The minimum Gasteiger partial charge on any atom is -0.260 e. The van der Waals surface area contributed by atoms with Crippen LogP contribution in [0.15, 0.2) is 79.4 Å². The molecule has 0 radical (unpaired) electrons. The van der Waals surface area contributed by atoms with E-state index in [2.05, 4.69) is 10.1 Å². The number of benzene rings is 3. The summed E-state index contributed by atoms with van der Waals surface area (Å²) >= 11 is 0. The molecule has 5 aromatic rings. The van der Waals surface area contributed by atoms with Crippen LogP contribution in [0.2, 0.25) is 0 Å². The van der Waals surface area contributed by atoms with Gasteiger partial charge in [-0.2, -0.15) is 10.2 Å². The van der Waals surface area contributed by atoms with Crippen LogP contribution in [-0.4, -0.2) is 29.5 Å². The summed E-state index contributed by atoms with van der Waals surface area (Å²) < 4.78 is 32.0. The van der Waals surface area contributed by atoms with Crippen LogP contribution in [0, 0.1) is 21.7 Å². The fourth-order valence-corrected chi connectivity index (χ4v) is 4.39. The third-order valence-electron chi connectivity index (χ3n) is 6.12. The SMILES string of the molecule is C[C@H]([C@@H](Cn1cncn1)c1ccc(F)cc1F)n1nc2ccc([N+](=O)[O-])cc2c1-c1ccccc1. The summed E-state index contributed by atoms with van der Waals surface area (Å²) in [5.74, 6) is -1.85. The van der Waals surface area contributed by atoms with Gasteiger partial charge in [0.15, 0.2) is 0 Å². The predicted molar refractivity (Wildman–Crippen MR) is 126 cm³/mol. The standard InChI is InChI=1S/C25H20F2N6O2/c1-16(22(13-31-15-28-14-29-31)20-9-7-18(26)11-23(20)27)32-25(17-5-3-2-4-6-17)21-12-19(33(34)35)8-10-24(21)30-32/h2-12,14-16,22H,13H2,1H3/t16-,22-/m1/s1.